The van der Waals surface area contributed by atoms with Gasteiger partial charge < -0.3 is 10.0 Å². The van der Waals surface area contributed by atoms with Crippen molar-refractivity contribution in [1.82, 2.24) is 4.90 Å². The van der Waals surface area contributed by atoms with E-state index in [9.17, 15) is 4.79 Å². The lowest BCUT2D eigenvalue weighted by atomic mass is 10.2. The summed E-state index contributed by atoms with van der Waals surface area (Å²) in [6.45, 7) is 6.76. The van der Waals surface area contributed by atoms with Crippen LogP contribution in [0.15, 0.2) is 11.6 Å². The molecule has 0 atom stereocenters. The average Bonchev–Trinajstić information content (AvgIpc) is 2.06. The number of rotatable bonds is 3. The molecule has 0 saturated heterocycles. The molecular weight excluding hydrogens is 166 g/mol. The lowest BCUT2D eigenvalue weighted by molar-refractivity contribution is -0.132. The molecule has 13 heavy (non-hydrogen) atoms. The van der Waals surface area contributed by atoms with Crippen LogP contribution in [0, 0.1) is 0 Å². The number of nitrogens with zero attached hydrogens (tertiary/aromatic N) is 1. The first-order valence-electron chi connectivity index (χ1n) is 4.50. The molecule has 0 aliphatic rings. The van der Waals surface area contributed by atoms with Crippen LogP contribution in [-0.4, -0.2) is 36.6 Å². The number of aliphatic carboxylic acids is 1. The van der Waals surface area contributed by atoms with Gasteiger partial charge in [0.05, 0.1) is 0 Å². The van der Waals surface area contributed by atoms with Gasteiger partial charge in [-0.3, -0.25) is 0 Å². The molecule has 1 N–H and O–H groups in total. The molecule has 0 bridgehead atoms. The molecule has 78 valence electrons. The molecule has 0 spiro atoms. The molecule has 0 aliphatic heterocycles. The third-order valence-corrected chi connectivity index (χ3v) is 1.48. The van der Waals surface area contributed by atoms with Crippen molar-refractivity contribution >= 4 is 5.97 Å². The number of carboxylic acids is 1. The topological polar surface area (TPSA) is 40.5 Å². The second-order valence-electron chi connectivity index (χ2n) is 3.00. The van der Waals surface area contributed by atoms with Crippen molar-refractivity contribution in [2.75, 3.05) is 20.6 Å². The molecule has 0 saturated carbocycles. The van der Waals surface area contributed by atoms with Crippen LogP contribution in [0.1, 0.15) is 27.2 Å². The van der Waals surface area contributed by atoms with Gasteiger partial charge in [0.1, 0.15) is 0 Å². The third kappa shape index (κ3) is 14.1. The van der Waals surface area contributed by atoms with Gasteiger partial charge >= 0.3 is 5.97 Å². The molecule has 0 radical (unpaired) electrons. The third-order valence-electron chi connectivity index (χ3n) is 1.48. The van der Waals surface area contributed by atoms with Gasteiger partial charge in [-0.15, -0.1) is 0 Å². The maximum Gasteiger partial charge on any atom is 0.330 e. The molecule has 0 fully saturated rings. The summed E-state index contributed by atoms with van der Waals surface area (Å²) in [4.78, 5) is 12.1. The van der Waals surface area contributed by atoms with E-state index in [-0.39, 0.29) is 0 Å². The Bertz CT molecular complexity index is 162. The van der Waals surface area contributed by atoms with Gasteiger partial charge in [-0.1, -0.05) is 19.9 Å². The number of allylic oxidation sites excluding steroid dienone is 1. The molecule has 0 rings (SSSR count). The van der Waals surface area contributed by atoms with E-state index in [1.54, 1.807) is 13.0 Å². The zero-order chi connectivity index (χ0) is 10.9. The molecule has 3 heteroatoms. The lowest BCUT2D eigenvalue weighted by Gasteiger charge is -2.00. The van der Waals surface area contributed by atoms with Crippen molar-refractivity contribution in [1.29, 1.82) is 0 Å². The molecule has 0 aromatic heterocycles. The molecule has 3 nitrogen and oxygen atoms in total. The van der Waals surface area contributed by atoms with Crippen molar-refractivity contribution in [2.45, 2.75) is 27.2 Å². The highest BCUT2D eigenvalue weighted by molar-refractivity contribution is 5.85. The van der Waals surface area contributed by atoms with E-state index in [0.29, 0.717) is 5.57 Å². The van der Waals surface area contributed by atoms with Crippen LogP contribution >= 0.6 is 0 Å². The Hall–Kier alpha value is -0.830. The van der Waals surface area contributed by atoms with Crippen molar-refractivity contribution in [3.8, 4) is 0 Å². The minimum Gasteiger partial charge on any atom is -0.478 e. The van der Waals surface area contributed by atoms with Crippen LogP contribution in [0.2, 0.25) is 0 Å². The fraction of sp³-hybridized carbons (Fsp3) is 0.700. The van der Waals surface area contributed by atoms with Crippen molar-refractivity contribution in [3.05, 3.63) is 11.6 Å². The quantitative estimate of drug-likeness (QED) is 0.687. The minimum atomic E-state index is -0.827. The summed E-state index contributed by atoms with van der Waals surface area (Å²) in [5.41, 5.74) is 0.424. The van der Waals surface area contributed by atoms with Crippen LogP contribution in [0.4, 0.5) is 0 Å². The van der Waals surface area contributed by atoms with E-state index >= 15 is 0 Å². The predicted octanol–water partition coefficient (Wildman–Crippen LogP) is 2.00. The smallest absolute Gasteiger partial charge is 0.330 e. The van der Waals surface area contributed by atoms with Crippen molar-refractivity contribution in [2.24, 2.45) is 0 Å². The predicted molar refractivity (Wildman–Crippen MR) is 55.9 cm³/mol. The van der Waals surface area contributed by atoms with Crippen LogP contribution in [0.5, 0.6) is 0 Å². The molecule has 0 aromatic rings. The molecule has 0 aliphatic carbocycles. The van der Waals surface area contributed by atoms with Gasteiger partial charge in [-0.2, -0.15) is 0 Å². The van der Waals surface area contributed by atoms with Gasteiger partial charge in [0, 0.05) is 5.57 Å². The standard InChI is InChI=1S/C6H10O2.C4H11N/c1-3-4-5(2)6(7)8;1-4-5(2)3/h4H,3H2,1-2H3,(H,7,8);4H2,1-3H3/b5-4+;. The summed E-state index contributed by atoms with van der Waals surface area (Å²) in [7, 11) is 4.11. The van der Waals surface area contributed by atoms with E-state index in [1.165, 1.54) is 0 Å². The van der Waals surface area contributed by atoms with Gasteiger partial charge in [-0.05, 0) is 34.0 Å². The Labute approximate surface area is 81.1 Å². The highest BCUT2D eigenvalue weighted by Gasteiger charge is 1.94. The lowest BCUT2D eigenvalue weighted by Crippen LogP contribution is -2.08. The first-order valence-corrected chi connectivity index (χ1v) is 4.50. The van der Waals surface area contributed by atoms with E-state index in [2.05, 4.69) is 25.9 Å². The minimum absolute atomic E-state index is 0.424. The number of hydrogen-bond donors (Lipinski definition) is 1. The summed E-state index contributed by atoms with van der Waals surface area (Å²) < 4.78 is 0. The fourth-order valence-electron chi connectivity index (χ4n) is 0.393. The fourth-order valence-corrected chi connectivity index (χ4v) is 0.393. The second kappa shape index (κ2) is 9.26. The van der Waals surface area contributed by atoms with Crippen LogP contribution < -0.4 is 0 Å². The first kappa shape index (κ1) is 14.7. The Morgan fingerprint density at radius 2 is 1.77 bits per heavy atom. The van der Waals surface area contributed by atoms with Gasteiger partial charge in [0.15, 0.2) is 0 Å². The maximum atomic E-state index is 10.0. The summed E-state index contributed by atoms with van der Waals surface area (Å²) in [5, 5.41) is 8.24. The van der Waals surface area contributed by atoms with E-state index in [1.807, 2.05) is 6.92 Å². The van der Waals surface area contributed by atoms with E-state index < -0.39 is 5.97 Å². The zero-order valence-corrected chi connectivity index (χ0v) is 9.29. The Morgan fingerprint density at radius 1 is 1.38 bits per heavy atom. The van der Waals surface area contributed by atoms with Crippen molar-refractivity contribution < 1.29 is 9.90 Å². The van der Waals surface area contributed by atoms with E-state index in [0.717, 1.165) is 13.0 Å². The number of carboxylic acid groups (broad SMARTS) is 1. The zero-order valence-electron chi connectivity index (χ0n) is 9.29. The van der Waals surface area contributed by atoms with Gasteiger partial charge in [0.2, 0.25) is 0 Å². The van der Waals surface area contributed by atoms with E-state index in [4.69, 9.17) is 5.11 Å². The normalized spacial score (nSPS) is 10.8. The SMILES string of the molecule is CC/C=C(\C)C(=O)O.CCN(C)C. The Kier molecular flexibility index (Phi) is 10.5. The van der Waals surface area contributed by atoms with Crippen LogP contribution in [0.3, 0.4) is 0 Å². The summed E-state index contributed by atoms with van der Waals surface area (Å²) in [6, 6.07) is 0. The summed E-state index contributed by atoms with van der Waals surface area (Å²) in [5.74, 6) is -0.827. The molecule has 0 aromatic carbocycles. The monoisotopic (exact) mass is 187 g/mol. The second-order valence-corrected chi connectivity index (χ2v) is 3.00. The number of hydrogen-bond acceptors (Lipinski definition) is 2. The Morgan fingerprint density at radius 3 is 1.85 bits per heavy atom. The van der Waals surface area contributed by atoms with Gasteiger partial charge in [0.25, 0.3) is 0 Å². The molecule has 0 amide bonds. The molecule has 0 unspecified atom stereocenters. The first-order chi connectivity index (χ1) is 5.95. The largest absolute Gasteiger partial charge is 0.478 e. The maximum absolute atomic E-state index is 10.0. The summed E-state index contributed by atoms with van der Waals surface area (Å²) >= 11 is 0. The highest BCUT2D eigenvalue weighted by Crippen LogP contribution is 1.92. The Balaban J connectivity index is 0. The average molecular weight is 187 g/mol. The van der Waals surface area contributed by atoms with Crippen LogP contribution in [0.25, 0.3) is 0 Å². The van der Waals surface area contributed by atoms with Crippen molar-refractivity contribution in [3.63, 3.8) is 0 Å². The van der Waals surface area contributed by atoms with Crippen LogP contribution in [-0.2, 0) is 4.79 Å². The number of carbonyl (C=O) groups is 1. The highest BCUT2D eigenvalue weighted by atomic mass is 16.4. The van der Waals surface area contributed by atoms with Gasteiger partial charge in [-0.25, -0.2) is 4.79 Å². The summed E-state index contributed by atoms with van der Waals surface area (Å²) in [6.07, 6.45) is 2.47. The molecular formula is C10H21NO2. The molecule has 0 heterocycles.